The van der Waals surface area contributed by atoms with Gasteiger partial charge in [-0.2, -0.15) is 0 Å². The first-order valence-electron chi connectivity index (χ1n) is 5.72. The van der Waals surface area contributed by atoms with Gasteiger partial charge < -0.3 is 26.0 Å². The van der Waals surface area contributed by atoms with Crippen LogP contribution < -0.4 is 16.0 Å². The Kier molecular flexibility index (Phi) is 3.95. The normalized spacial score (nSPS) is 26.3. The zero-order chi connectivity index (χ0) is 13.1. The number of halogens is 1. The van der Waals surface area contributed by atoms with Crippen LogP contribution in [0.1, 0.15) is 12.8 Å². The lowest BCUT2D eigenvalue weighted by Gasteiger charge is -2.30. The van der Waals surface area contributed by atoms with Crippen molar-refractivity contribution >= 4 is 27.9 Å². The summed E-state index contributed by atoms with van der Waals surface area (Å²) in [6.07, 6.45) is 2.44. The molecule has 0 saturated carbocycles. The van der Waals surface area contributed by atoms with E-state index < -0.39 is 6.09 Å². The second-order valence-electron chi connectivity index (χ2n) is 4.24. The predicted octanol–water partition coefficient (Wildman–Crippen LogP) is -0.0423. The molecule has 0 radical (unpaired) electrons. The van der Waals surface area contributed by atoms with Crippen molar-refractivity contribution in [2.75, 3.05) is 13.1 Å². The summed E-state index contributed by atoms with van der Waals surface area (Å²) in [6.45, 7) is 0.495. The van der Waals surface area contributed by atoms with E-state index in [9.17, 15) is 9.59 Å². The number of hydrogen-bond donors (Lipinski definition) is 4. The number of carbonyl (C=O) groups is 2. The first-order chi connectivity index (χ1) is 8.58. The topological polar surface area (TPSA) is 93.7 Å². The molecule has 2 aliphatic rings. The molecule has 0 spiro atoms. The summed E-state index contributed by atoms with van der Waals surface area (Å²) in [7, 11) is 0. The van der Waals surface area contributed by atoms with Crippen LogP contribution in [0.3, 0.4) is 0 Å². The number of nitrogens with zero attached hydrogens (tertiary/aromatic N) is 1. The van der Waals surface area contributed by atoms with Gasteiger partial charge in [-0.1, -0.05) is 0 Å². The quantitative estimate of drug-likeness (QED) is 0.548. The molecule has 0 aromatic heterocycles. The molecule has 2 amide bonds. The maximum absolute atomic E-state index is 11.9. The van der Waals surface area contributed by atoms with Gasteiger partial charge in [0.1, 0.15) is 12.7 Å². The fraction of sp³-hybridized carbons (Fsp3) is 0.600. The summed E-state index contributed by atoms with van der Waals surface area (Å²) in [6, 6.07) is 0.0411. The highest BCUT2D eigenvalue weighted by Gasteiger charge is 2.35. The third-order valence-corrected chi connectivity index (χ3v) is 3.54. The average molecular weight is 319 g/mol. The van der Waals surface area contributed by atoms with Crippen molar-refractivity contribution in [2.24, 2.45) is 0 Å². The van der Waals surface area contributed by atoms with Crippen molar-refractivity contribution in [1.82, 2.24) is 20.9 Å². The lowest BCUT2D eigenvalue weighted by molar-refractivity contribution is -0.131. The number of carbonyl (C=O) groups excluding carboxylic acids is 1. The number of hydrogen-bond acceptors (Lipinski definition) is 4. The van der Waals surface area contributed by atoms with Crippen LogP contribution in [0.5, 0.6) is 0 Å². The highest BCUT2D eigenvalue weighted by atomic mass is 79.9. The highest BCUT2D eigenvalue weighted by Crippen LogP contribution is 2.22. The summed E-state index contributed by atoms with van der Waals surface area (Å²) in [5.74, 6) is -0.188. The van der Waals surface area contributed by atoms with Crippen LogP contribution >= 0.6 is 15.9 Å². The van der Waals surface area contributed by atoms with Crippen molar-refractivity contribution in [3.05, 3.63) is 10.8 Å². The van der Waals surface area contributed by atoms with Crippen LogP contribution in [0.15, 0.2) is 10.8 Å². The maximum Gasteiger partial charge on any atom is 0.405 e. The van der Waals surface area contributed by atoms with E-state index in [1.165, 1.54) is 0 Å². The molecular weight excluding hydrogens is 304 g/mol. The van der Waals surface area contributed by atoms with E-state index in [0.717, 1.165) is 17.4 Å². The Labute approximate surface area is 113 Å². The summed E-state index contributed by atoms with van der Waals surface area (Å²) in [4.78, 5) is 24.0. The summed E-state index contributed by atoms with van der Waals surface area (Å²) >= 11 is 3.33. The molecule has 0 bridgehead atoms. The minimum atomic E-state index is -1.18. The van der Waals surface area contributed by atoms with Gasteiger partial charge in [0.25, 0.3) is 0 Å². The second kappa shape index (κ2) is 5.47. The maximum atomic E-state index is 11.9. The predicted molar refractivity (Wildman–Crippen MR) is 67.8 cm³/mol. The number of amides is 2. The van der Waals surface area contributed by atoms with Gasteiger partial charge >= 0.3 is 6.09 Å². The Hall–Kier alpha value is -1.44. The number of rotatable bonds is 3. The molecule has 1 unspecified atom stereocenters. The first-order valence-corrected chi connectivity index (χ1v) is 6.52. The number of nitrogens with one attached hydrogen (secondary N) is 3. The highest BCUT2D eigenvalue weighted by molar-refractivity contribution is 9.11. The largest absolute Gasteiger partial charge is 0.465 e. The molecule has 7 nitrogen and oxygen atoms in total. The van der Waals surface area contributed by atoms with Crippen LogP contribution in [0.25, 0.3) is 0 Å². The molecule has 1 fully saturated rings. The Bertz CT molecular complexity index is 387. The molecule has 2 heterocycles. The van der Waals surface area contributed by atoms with E-state index in [0.29, 0.717) is 6.54 Å². The Morgan fingerprint density at radius 3 is 3.00 bits per heavy atom. The van der Waals surface area contributed by atoms with Crippen molar-refractivity contribution in [3.63, 3.8) is 0 Å². The van der Waals surface area contributed by atoms with E-state index in [2.05, 4.69) is 31.9 Å². The zero-order valence-electron chi connectivity index (χ0n) is 9.65. The van der Waals surface area contributed by atoms with Crippen LogP contribution in [0, 0.1) is 0 Å². The molecule has 4 N–H and O–H groups in total. The SMILES string of the molecule is O=C(O)NCC(=O)N1CCC[C@H]1C1NC=C(Br)N1. The zero-order valence-corrected chi connectivity index (χ0v) is 11.2. The van der Waals surface area contributed by atoms with E-state index in [1.54, 1.807) is 11.1 Å². The van der Waals surface area contributed by atoms with Gasteiger partial charge in [-0.05, 0) is 28.8 Å². The molecular formula is C10H15BrN4O3. The first kappa shape index (κ1) is 13.0. The monoisotopic (exact) mass is 318 g/mol. The van der Waals surface area contributed by atoms with Gasteiger partial charge in [0.15, 0.2) is 0 Å². The fourth-order valence-corrected chi connectivity index (χ4v) is 2.68. The molecule has 18 heavy (non-hydrogen) atoms. The second-order valence-corrected chi connectivity index (χ2v) is 5.09. The van der Waals surface area contributed by atoms with Crippen molar-refractivity contribution in [3.8, 4) is 0 Å². The molecule has 2 rings (SSSR count). The summed E-state index contributed by atoms with van der Waals surface area (Å²) in [5.41, 5.74) is 0. The third-order valence-electron chi connectivity index (χ3n) is 3.08. The lowest BCUT2D eigenvalue weighted by atomic mass is 10.1. The molecule has 2 aliphatic heterocycles. The van der Waals surface area contributed by atoms with Crippen LogP contribution in [-0.4, -0.2) is 47.3 Å². The van der Waals surface area contributed by atoms with Crippen molar-refractivity contribution in [2.45, 2.75) is 25.0 Å². The minimum absolute atomic E-state index is 0.0179. The molecule has 0 aliphatic carbocycles. The molecule has 1 saturated heterocycles. The average Bonchev–Trinajstić information content (AvgIpc) is 2.93. The smallest absolute Gasteiger partial charge is 0.405 e. The van der Waals surface area contributed by atoms with Crippen LogP contribution in [-0.2, 0) is 4.79 Å². The van der Waals surface area contributed by atoms with Gasteiger partial charge in [0.2, 0.25) is 5.91 Å². The summed E-state index contributed by atoms with van der Waals surface area (Å²) < 4.78 is 0.857. The van der Waals surface area contributed by atoms with E-state index >= 15 is 0 Å². The van der Waals surface area contributed by atoms with Gasteiger partial charge in [-0.3, -0.25) is 4.79 Å². The lowest BCUT2D eigenvalue weighted by Crippen LogP contribution is -2.53. The minimum Gasteiger partial charge on any atom is -0.465 e. The molecule has 0 aromatic rings. The molecule has 8 heteroatoms. The van der Waals surface area contributed by atoms with Crippen LogP contribution in [0.4, 0.5) is 4.79 Å². The summed E-state index contributed by atoms with van der Waals surface area (Å²) in [5, 5.41) is 16.9. The fourth-order valence-electron chi connectivity index (χ4n) is 2.30. The van der Waals surface area contributed by atoms with E-state index in [1.807, 2.05) is 0 Å². The van der Waals surface area contributed by atoms with Crippen LogP contribution in [0.2, 0.25) is 0 Å². The number of likely N-dealkylation sites (tertiary alicyclic amines) is 1. The van der Waals surface area contributed by atoms with Gasteiger partial charge in [0.05, 0.1) is 10.6 Å². The van der Waals surface area contributed by atoms with Gasteiger partial charge in [0, 0.05) is 12.7 Å². The number of carboxylic acid groups (broad SMARTS) is 1. The Morgan fingerprint density at radius 2 is 2.39 bits per heavy atom. The van der Waals surface area contributed by atoms with Gasteiger partial charge in [-0.15, -0.1) is 0 Å². The Balaban J connectivity index is 1.91. The van der Waals surface area contributed by atoms with Crippen molar-refractivity contribution < 1.29 is 14.7 Å². The van der Waals surface area contributed by atoms with E-state index in [4.69, 9.17) is 5.11 Å². The Morgan fingerprint density at radius 1 is 1.61 bits per heavy atom. The standard InChI is InChI=1S/C10H15BrN4O3/c11-7-4-12-9(14-7)6-2-1-3-15(6)8(16)5-13-10(17)18/h4,6,9,12-14H,1-3,5H2,(H,17,18)/t6-,9?/m0/s1. The molecule has 100 valence electrons. The third kappa shape index (κ3) is 2.87. The van der Waals surface area contributed by atoms with Gasteiger partial charge in [-0.25, -0.2) is 4.79 Å². The van der Waals surface area contributed by atoms with Crippen molar-refractivity contribution in [1.29, 1.82) is 0 Å². The molecule has 0 aromatic carbocycles. The molecule has 2 atom stereocenters. The van der Waals surface area contributed by atoms with E-state index in [-0.39, 0.29) is 24.7 Å².